The van der Waals surface area contributed by atoms with Gasteiger partial charge in [-0.3, -0.25) is 4.79 Å². The van der Waals surface area contributed by atoms with Crippen molar-refractivity contribution in [3.05, 3.63) is 0 Å². The van der Waals surface area contributed by atoms with E-state index >= 15 is 0 Å². The molecule has 0 aromatic rings. The highest BCUT2D eigenvalue weighted by Gasteiger charge is 2.26. The molecule has 4 heteroatoms. The third-order valence-corrected chi connectivity index (χ3v) is 6.02. The van der Waals surface area contributed by atoms with Crippen molar-refractivity contribution in [2.75, 3.05) is 45.8 Å². The number of hydrogen-bond donors (Lipinski definition) is 1. The standard InChI is InChI=1S/C19H35N3O/c23-19(8-7-17-9-10-20-14-17)22-13-5-6-18(16-22)15-21-11-3-1-2-4-12-21/h17-18,20H,1-16H2. The van der Waals surface area contributed by atoms with E-state index < -0.39 is 0 Å². The van der Waals surface area contributed by atoms with Gasteiger partial charge in [-0.1, -0.05) is 12.8 Å². The molecule has 0 bridgehead atoms. The van der Waals surface area contributed by atoms with E-state index in [9.17, 15) is 4.79 Å². The van der Waals surface area contributed by atoms with Crippen molar-refractivity contribution < 1.29 is 4.79 Å². The van der Waals surface area contributed by atoms with Crippen LogP contribution in [-0.4, -0.2) is 61.5 Å². The van der Waals surface area contributed by atoms with Crippen molar-refractivity contribution >= 4 is 5.91 Å². The summed E-state index contributed by atoms with van der Waals surface area (Å²) in [4.78, 5) is 17.4. The molecule has 3 heterocycles. The fourth-order valence-corrected chi connectivity index (χ4v) is 4.57. The molecular weight excluding hydrogens is 286 g/mol. The largest absolute Gasteiger partial charge is 0.342 e. The summed E-state index contributed by atoms with van der Waals surface area (Å²) in [5, 5.41) is 3.40. The van der Waals surface area contributed by atoms with Gasteiger partial charge >= 0.3 is 0 Å². The summed E-state index contributed by atoms with van der Waals surface area (Å²) in [6.45, 7) is 8.04. The van der Waals surface area contributed by atoms with Crippen LogP contribution in [0.25, 0.3) is 0 Å². The number of likely N-dealkylation sites (tertiary alicyclic amines) is 2. The van der Waals surface area contributed by atoms with Gasteiger partial charge in [0.15, 0.2) is 0 Å². The van der Waals surface area contributed by atoms with Crippen LogP contribution in [0.3, 0.4) is 0 Å². The van der Waals surface area contributed by atoms with Gasteiger partial charge in [-0.2, -0.15) is 0 Å². The molecule has 2 unspecified atom stereocenters. The summed E-state index contributed by atoms with van der Waals surface area (Å²) < 4.78 is 0. The topological polar surface area (TPSA) is 35.6 Å². The third-order valence-electron chi connectivity index (χ3n) is 6.02. The molecule has 3 saturated heterocycles. The maximum Gasteiger partial charge on any atom is 0.222 e. The van der Waals surface area contributed by atoms with E-state index in [1.165, 1.54) is 64.6 Å². The van der Waals surface area contributed by atoms with Crippen molar-refractivity contribution in [2.24, 2.45) is 11.8 Å². The second-order valence-electron chi connectivity index (χ2n) is 7.96. The number of carbonyl (C=O) groups excluding carboxylic acids is 1. The Morgan fingerprint density at radius 3 is 2.52 bits per heavy atom. The van der Waals surface area contributed by atoms with Crippen LogP contribution in [0.2, 0.25) is 0 Å². The molecule has 0 saturated carbocycles. The van der Waals surface area contributed by atoms with Crippen LogP contribution in [0.5, 0.6) is 0 Å². The Balaban J connectivity index is 1.40. The average Bonchev–Trinajstić information content (AvgIpc) is 2.97. The van der Waals surface area contributed by atoms with Crippen molar-refractivity contribution in [3.8, 4) is 0 Å². The minimum atomic E-state index is 0.414. The molecule has 132 valence electrons. The third kappa shape index (κ3) is 5.46. The van der Waals surface area contributed by atoms with E-state index in [4.69, 9.17) is 0 Å². The zero-order chi connectivity index (χ0) is 15.9. The zero-order valence-corrected chi connectivity index (χ0v) is 14.8. The Hall–Kier alpha value is -0.610. The van der Waals surface area contributed by atoms with Gasteiger partial charge < -0.3 is 15.1 Å². The van der Waals surface area contributed by atoms with Crippen molar-refractivity contribution in [2.45, 2.75) is 57.8 Å². The first-order chi connectivity index (χ1) is 11.3. The summed E-state index contributed by atoms with van der Waals surface area (Å²) in [6, 6.07) is 0. The van der Waals surface area contributed by atoms with E-state index in [0.29, 0.717) is 11.8 Å². The van der Waals surface area contributed by atoms with E-state index in [1.54, 1.807) is 0 Å². The Morgan fingerprint density at radius 1 is 0.957 bits per heavy atom. The molecule has 0 aliphatic carbocycles. The molecule has 4 nitrogen and oxygen atoms in total. The number of piperidine rings is 1. The first-order valence-electron chi connectivity index (χ1n) is 10.0. The number of nitrogens with zero attached hydrogens (tertiary/aromatic N) is 2. The molecule has 1 amide bonds. The van der Waals surface area contributed by atoms with Gasteiger partial charge in [-0.15, -0.1) is 0 Å². The predicted octanol–water partition coefficient (Wildman–Crippen LogP) is 2.49. The SMILES string of the molecule is O=C(CCC1CCNC1)N1CCCC(CN2CCCCCC2)C1. The van der Waals surface area contributed by atoms with Gasteiger partial charge in [-0.25, -0.2) is 0 Å². The lowest BCUT2D eigenvalue weighted by molar-refractivity contribution is -0.133. The molecule has 3 rings (SSSR count). The molecule has 1 N–H and O–H groups in total. The quantitative estimate of drug-likeness (QED) is 0.845. The van der Waals surface area contributed by atoms with Gasteiger partial charge in [0, 0.05) is 26.1 Å². The summed E-state index contributed by atoms with van der Waals surface area (Å²) in [5.74, 6) is 1.85. The smallest absolute Gasteiger partial charge is 0.222 e. The molecular formula is C19H35N3O. The lowest BCUT2D eigenvalue weighted by atomic mass is 9.96. The second kappa shape index (κ2) is 9.03. The minimum absolute atomic E-state index is 0.414. The van der Waals surface area contributed by atoms with Gasteiger partial charge in [0.05, 0.1) is 0 Å². The van der Waals surface area contributed by atoms with Crippen molar-refractivity contribution in [3.63, 3.8) is 0 Å². The highest BCUT2D eigenvalue weighted by molar-refractivity contribution is 5.76. The first-order valence-corrected chi connectivity index (χ1v) is 10.0. The Morgan fingerprint density at radius 2 is 1.78 bits per heavy atom. The first kappa shape index (κ1) is 17.2. The molecule has 0 aromatic heterocycles. The Kier molecular flexibility index (Phi) is 6.76. The summed E-state index contributed by atoms with van der Waals surface area (Å²) >= 11 is 0. The maximum atomic E-state index is 12.5. The number of amides is 1. The average molecular weight is 322 g/mol. The monoisotopic (exact) mass is 321 g/mol. The molecule has 3 aliphatic heterocycles. The van der Waals surface area contributed by atoms with Crippen LogP contribution >= 0.6 is 0 Å². The minimum Gasteiger partial charge on any atom is -0.342 e. The van der Waals surface area contributed by atoms with E-state index in [0.717, 1.165) is 44.9 Å². The second-order valence-corrected chi connectivity index (χ2v) is 7.96. The molecule has 23 heavy (non-hydrogen) atoms. The van der Waals surface area contributed by atoms with Crippen LogP contribution in [0.4, 0.5) is 0 Å². The van der Waals surface area contributed by atoms with Crippen molar-refractivity contribution in [1.82, 2.24) is 15.1 Å². The lowest BCUT2D eigenvalue weighted by Gasteiger charge is -2.35. The van der Waals surface area contributed by atoms with Crippen LogP contribution < -0.4 is 5.32 Å². The van der Waals surface area contributed by atoms with Crippen LogP contribution in [0.15, 0.2) is 0 Å². The fourth-order valence-electron chi connectivity index (χ4n) is 4.57. The number of carbonyl (C=O) groups is 1. The Labute approximate surface area is 142 Å². The van der Waals surface area contributed by atoms with Gasteiger partial charge in [0.2, 0.25) is 5.91 Å². The number of rotatable bonds is 5. The maximum absolute atomic E-state index is 12.5. The van der Waals surface area contributed by atoms with Crippen LogP contribution in [-0.2, 0) is 4.79 Å². The van der Waals surface area contributed by atoms with Crippen molar-refractivity contribution in [1.29, 1.82) is 0 Å². The number of nitrogens with one attached hydrogen (secondary N) is 1. The van der Waals surface area contributed by atoms with E-state index in [1.807, 2.05) is 0 Å². The molecule has 0 radical (unpaired) electrons. The summed E-state index contributed by atoms with van der Waals surface area (Å²) in [6.07, 6.45) is 11.2. The van der Waals surface area contributed by atoms with Gasteiger partial charge in [0.1, 0.15) is 0 Å². The molecule has 2 atom stereocenters. The fraction of sp³-hybridized carbons (Fsp3) is 0.947. The van der Waals surface area contributed by atoms with Crippen LogP contribution in [0.1, 0.15) is 57.8 Å². The lowest BCUT2D eigenvalue weighted by Crippen LogP contribution is -2.44. The molecule has 0 aromatic carbocycles. The molecule has 3 aliphatic rings. The highest BCUT2D eigenvalue weighted by Crippen LogP contribution is 2.22. The normalized spacial score (nSPS) is 30.3. The predicted molar refractivity (Wildman–Crippen MR) is 94.4 cm³/mol. The number of hydrogen-bond acceptors (Lipinski definition) is 3. The summed E-state index contributed by atoms with van der Waals surface area (Å²) in [7, 11) is 0. The van der Waals surface area contributed by atoms with Crippen LogP contribution in [0, 0.1) is 11.8 Å². The van der Waals surface area contributed by atoms with E-state index in [2.05, 4.69) is 15.1 Å². The summed E-state index contributed by atoms with van der Waals surface area (Å²) in [5.41, 5.74) is 0. The Bertz CT molecular complexity index is 360. The zero-order valence-electron chi connectivity index (χ0n) is 14.8. The van der Waals surface area contributed by atoms with E-state index in [-0.39, 0.29) is 0 Å². The molecule has 3 fully saturated rings. The van der Waals surface area contributed by atoms with Gasteiger partial charge in [-0.05, 0) is 76.5 Å². The van der Waals surface area contributed by atoms with Gasteiger partial charge in [0.25, 0.3) is 0 Å². The molecule has 0 spiro atoms. The highest BCUT2D eigenvalue weighted by atomic mass is 16.2.